The van der Waals surface area contributed by atoms with Gasteiger partial charge in [-0.3, -0.25) is 9.59 Å². The Morgan fingerprint density at radius 2 is 1.77 bits per heavy atom. The van der Waals surface area contributed by atoms with Gasteiger partial charge in [0.2, 0.25) is 11.8 Å². The first-order valence-corrected chi connectivity index (χ1v) is 10.0. The summed E-state index contributed by atoms with van der Waals surface area (Å²) in [5.41, 5.74) is 1.86. The number of nitrogens with zero attached hydrogens (tertiary/aromatic N) is 1. The summed E-state index contributed by atoms with van der Waals surface area (Å²) in [5.74, 6) is 0.902. The van der Waals surface area contributed by atoms with E-state index in [1.807, 2.05) is 60.7 Å². The van der Waals surface area contributed by atoms with Gasteiger partial charge >= 0.3 is 0 Å². The van der Waals surface area contributed by atoms with Crippen LogP contribution in [-0.2, 0) is 22.7 Å². The number of benzene rings is 2. The quantitative estimate of drug-likeness (QED) is 0.533. The summed E-state index contributed by atoms with van der Waals surface area (Å²) in [6, 6.07) is 20.0. The summed E-state index contributed by atoms with van der Waals surface area (Å²) in [7, 11) is 1.60. The number of hydrogen-bond acceptors (Lipinski definition) is 4. The molecule has 3 aromatic rings. The molecule has 1 heterocycles. The van der Waals surface area contributed by atoms with Crippen LogP contribution in [0.1, 0.15) is 23.8 Å². The third-order valence-electron chi connectivity index (χ3n) is 4.73. The number of ether oxygens (including phenoxy) is 1. The van der Waals surface area contributed by atoms with E-state index in [-0.39, 0.29) is 11.8 Å². The maximum Gasteiger partial charge on any atom is 0.245 e. The molecule has 0 saturated heterocycles. The first kappa shape index (κ1) is 21.9. The van der Waals surface area contributed by atoms with E-state index in [1.165, 1.54) is 6.08 Å². The largest absolute Gasteiger partial charge is 0.497 e. The molecule has 0 aliphatic rings. The molecule has 0 saturated carbocycles. The first-order valence-electron chi connectivity index (χ1n) is 10.0. The molecule has 6 nitrogen and oxygen atoms in total. The average Bonchev–Trinajstić information content (AvgIpc) is 3.31. The number of hydrogen-bond donors (Lipinski definition) is 1. The van der Waals surface area contributed by atoms with E-state index in [0.29, 0.717) is 18.8 Å². The fraction of sp³-hybridized carbons (Fsp3) is 0.200. The lowest BCUT2D eigenvalue weighted by Gasteiger charge is -2.25. The van der Waals surface area contributed by atoms with Gasteiger partial charge in [0.15, 0.2) is 0 Å². The van der Waals surface area contributed by atoms with E-state index < -0.39 is 6.04 Å². The highest BCUT2D eigenvalue weighted by atomic mass is 16.5. The molecule has 6 heteroatoms. The Hall–Kier alpha value is -3.80. The maximum absolute atomic E-state index is 13.1. The summed E-state index contributed by atoms with van der Waals surface area (Å²) >= 11 is 0. The van der Waals surface area contributed by atoms with Crippen LogP contribution >= 0.6 is 0 Å². The smallest absolute Gasteiger partial charge is 0.245 e. The summed E-state index contributed by atoms with van der Waals surface area (Å²) in [5, 5.41) is 2.75. The van der Waals surface area contributed by atoms with Crippen LogP contribution in [0.2, 0.25) is 0 Å². The highest BCUT2D eigenvalue weighted by molar-refractivity contribution is 5.95. The molecule has 3 rings (SSSR count). The van der Waals surface area contributed by atoms with Crippen LogP contribution in [0, 0.1) is 0 Å². The van der Waals surface area contributed by atoms with Crippen molar-refractivity contribution in [1.29, 1.82) is 0 Å². The summed E-state index contributed by atoms with van der Waals surface area (Å²) < 4.78 is 10.5. The van der Waals surface area contributed by atoms with Crippen molar-refractivity contribution in [2.24, 2.45) is 0 Å². The Bertz CT molecular complexity index is 996. The second-order valence-corrected chi connectivity index (χ2v) is 7.10. The summed E-state index contributed by atoms with van der Waals surface area (Å²) in [6.07, 6.45) is 4.69. The van der Waals surface area contributed by atoms with E-state index >= 15 is 0 Å². The van der Waals surface area contributed by atoms with E-state index in [0.717, 1.165) is 16.9 Å². The lowest BCUT2D eigenvalue weighted by atomic mass is 10.1. The molecule has 31 heavy (non-hydrogen) atoms. The van der Waals surface area contributed by atoms with E-state index in [2.05, 4.69) is 5.32 Å². The molecule has 0 aliphatic heterocycles. The third-order valence-corrected chi connectivity index (χ3v) is 4.73. The zero-order chi connectivity index (χ0) is 22.1. The second kappa shape index (κ2) is 10.8. The standard InChI is InChI=1S/C25H26N2O4/c1-19(26-24(28)15-12-20-10-13-22(30-2)14-11-20)25(29)27(18-23-9-6-16-31-23)17-21-7-4-3-5-8-21/h3-16,19H,17-18H2,1-2H3,(H,26,28)/b15-12+. The molecular weight excluding hydrogens is 392 g/mol. The van der Waals surface area contributed by atoms with Crippen LogP contribution in [0.4, 0.5) is 0 Å². The molecular formula is C25H26N2O4. The van der Waals surface area contributed by atoms with Gasteiger partial charge in [0, 0.05) is 12.6 Å². The Morgan fingerprint density at radius 1 is 1.03 bits per heavy atom. The number of amides is 2. The predicted molar refractivity (Wildman–Crippen MR) is 119 cm³/mol. The lowest BCUT2D eigenvalue weighted by Crippen LogP contribution is -2.46. The number of rotatable bonds is 9. The Labute approximate surface area is 182 Å². The normalized spacial score (nSPS) is 11.8. The van der Waals surface area contributed by atoms with E-state index in [4.69, 9.17) is 9.15 Å². The van der Waals surface area contributed by atoms with Gasteiger partial charge in [0.25, 0.3) is 0 Å². The SMILES string of the molecule is COc1ccc(/C=C/C(=O)NC(C)C(=O)N(Cc2ccccc2)Cc2ccco2)cc1. The van der Waals surface area contributed by atoms with Gasteiger partial charge in [-0.2, -0.15) is 0 Å². The molecule has 0 bridgehead atoms. The van der Waals surface area contributed by atoms with Crippen LogP contribution in [0.3, 0.4) is 0 Å². The Balaban J connectivity index is 1.63. The van der Waals surface area contributed by atoms with Gasteiger partial charge < -0.3 is 19.4 Å². The van der Waals surface area contributed by atoms with Gasteiger partial charge in [0.05, 0.1) is 19.9 Å². The van der Waals surface area contributed by atoms with Crippen LogP contribution in [0.15, 0.2) is 83.5 Å². The Morgan fingerprint density at radius 3 is 2.42 bits per heavy atom. The lowest BCUT2D eigenvalue weighted by molar-refractivity contribution is -0.136. The van der Waals surface area contributed by atoms with E-state index in [1.54, 1.807) is 37.3 Å². The number of carbonyl (C=O) groups excluding carboxylic acids is 2. The fourth-order valence-corrected chi connectivity index (χ4v) is 3.09. The minimum absolute atomic E-state index is 0.188. The molecule has 0 aliphatic carbocycles. The summed E-state index contributed by atoms with van der Waals surface area (Å²) in [4.78, 5) is 27.1. The van der Waals surface area contributed by atoms with E-state index in [9.17, 15) is 9.59 Å². The zero-order valence-corrected chi connectivity index (χ0v) is 17.7. The van der Waals surface area contributed by atoms with Crippen LogP contribution < -0.4 is 10.1 Å². The molecule has 0 spiro atoms. The Kier molecular flexibility index (Phi) is 7.65. The minimum Gasteiger partial charge on any atom is -0.497 e. The topological polar surface area (TPSA) is 71.8 Å². The second-order valence-electron chi connectivity index (χ2n) is 7.10. The molecule has 1 N–H and O–H groups in total. The molecule has 0 radical (unpaired) electrons. The van der Waals surface area contributed by atoms with Gasteiger partial charge in [0.1, 0.15) is 17.6 Å². The third kappa shape index (κ3) is 6.60. The highest BCUT2D eigenvalue weighted by Gasteiger charge is 2.22. The first-order chi connectivity index (χ1) is 15.0. The molecule has 0 fully saturated rings. The van der Waals surface area contributed by atoms with Crippen molar-refractivity contribution in [2.75, 3.05) is 7.11 Å². The van der Waals surface area contributed by atoms with Crippen molar-refractivity contribution < 1.29 is 18.7 Å². The van der Waals surface area contributed by atoms with Crippen molar-refractivity contribution in [3.8, 4) is 5.75 Å². The number of furan rings is 1. The molecule has 1 atom stereocenters. The number of carbonyl (C=O) groups is 2. The van der Waals surface area contributed by atoms with Gasteiger partial charge in [-0.15, -0.1) is 0 Å². The minimum atomic E-state index is -0.688. The number of methoxy groups -OCH3 is 1. The van der Waals surface area contributed by atoms with Crippen LogP contribution in [0.5, 0.6) is 5.75 Å². The van der Waals surface area contributed by atoms with Crippen LogP contribution in [0.25, 0.3) is 6.08 Å². The zero-order valence-electron chi connectivity index (χ0n) is 17.7. The molecule has 1 unspecified atom stereocenters. The van der Waals surface area contributed by atoms with Gasteiger partial charge in [-0.1, -0.05) is 42.5 Å². The van der Waals surface area contributed by atoms with Crippen molar-refractivity contribution in [3.05, 3.63) is 96.0 Å². The predicted octanol–water partition coefficient (Wildman–Crippen LogP) is 4.04. The molecule has 2 aromatic carbocycles. The van der Waals surface area contributed by atoms with Crippen molar-refractivity contribution >= 4 is 17.9 Å². The maximum atomic E-state index is 13.1. The monoisotopic (exact) mass is 418 g/mol. The van der Waals surface area contributed by atoms with Crippen LogP contribution in [-0.4, -0.2) is 29.9 Å². The number of nitrogens with one attached hydrogen (secondary N) is 1. The van der Waals surface area contributed by atoms with Gasteiger partial charge in [-0.05, 0) is 48.4 Å². The molecule has 160 valence electrons. The van der Waals surface area contributed by atoms with Gasteiger partial charge in [-0.25, -0.2) is 0 Å². The molecule has 1 aromatic heterocycles. The fourth-order valence-electron chi connectivity index (χ4n) is 3.09. The highest BCUT2D eigenvalue weighted by Crippen LogP contribution is 2.13. The van der Waals surface area contributed by atoms with Crippen molar-refractivity contribution in [1.82, 2.24) is 10.2 Å². The summed E-state index contributed by atoms with van der Waals surface area (Å²) in [6.45, 7) is 2.42. The van der Waals surface area contributed by atoms with Crippen molar-refractivity contribution in [2.45, 2.75) is 26.1 Å². The molecule has 2 amide bonds. The van der Waals surface area contributed by atoms with Crippen molar-refractivity contribution in [3.63, 3.8) is 0 Å². The average molecular weight is 418 g/mol.